The number of esters is 1. The number of fused-ring (bicyclic) bond motifs is 3. The van der Waals surface area contributed by atoms with Gasteiger partial charge in [0.1, 0.15) is 33.9 Å². The Kier molecular flexibility index (Phi) is 13.5. The molecule has 3 saturated heterocycles. The van der Waals surface area contributed by atoms with Crippen molar-refractivity contribution in [2.24, 2.45) is 5.92 Å². The first kappa shape index (κ1) is 40.0. The highest BCUT2D eigenvalue weighted by atomic mass is 35.5. The average Bonchev–Trinajstić information content (AvgIpc) is 3.16. The van der Waals surface area contributed by atoms with Gasteiger partial charge in [0.25, 0.3) is 6.47 Å². The number of carbonyl (C=O) groups excluding carboxylic acids is 2. The van der Waals surface area contributed by atoms with Gasteiger partial charge in [-0.25, -0.2) is 18.4 Å². The second-order valence-corrected chi connectivity index (χ2v) is 13.3. The van der Waals surface area contributed by atoms with Crippen LogP contribution in [0.4, 0.5) is 19.3 Å². The molecule has 2 atom stereocenters. The van der Waals surface area contributed by atoms with Gasteiger partial charge < -0.3 is 29.3 Å². The number of benzene rings is 3. The summed E-state index contributed by atoms with van der Waals surface area (Å²) in [7, 11) is 2.91. The van der Waals surface area contributed by atoms with E-state index in [0.717, 1.165) is 49.3 Å². The van der Waals surface area contributed by atoms with E-state index in [2.05, 4.69) is 4.90 Å². The third-order valence-corrected chi connectivity index (χ3v) is 9.93. The van der Waals surface area contributed by atoms with Crippen LogP contribution in [0.15, 0.2) is 73.1 Å². The van der Waals surface area contributed by atoms with Gasteiger partial charge in [0.2, 0.25) is 0 Å². The van der Waals surface area contributed by atoms with Gasteiger partial charge in [-0.15, -0.1) is 0 Å². The zero-order valence-electron chi connectivity index (χ0n) is 29.3. The van der Waals surface area contributed by atoms with Crippen molar-refractivity contribution in [3.05, 3.63) is 122 Å². The number of hydrogen-bond acceptors (Lipinski definition) is 9. The number of aromatic nitrogens is 1. The van der Waals surface area contributed by atoms with Crippen molar-refractivity contribution in [3.63, 3.8) is 0 Å². The first-order chi connectivity index (χ1) is 26.0. The maximum atomic E-state index is 15.4. The number of carboxylic acid groups (broad SMARTS) is 1. The number of carbonyl (C=O) groups is 3. The van der Waals surface area contributed by atoms with Gasteiger partial charge in [-0.05, 0) is 79.4 Å². The number of nitrogens with zero attached hydrogens (tertiary/aromatic N) is 3. The van der Waals surface area contributed by atoms with Crippen molar-refractivity contribution in [3.8, 4) is 11.5 Å². The molecule has 3 fully saturated rings. The zero-order chi connectivity index (χ0) is 38.9. The summed E-state index contributed by atoms with van der Waals surface area (Å²) >= 11 is 12.7. The molecule has 16 heteroatoms. The Labute approximate surface area is 319 Å². The number of halogens is 4. The van der Waals surface area contributed by atoms with E-state index < -0.39 is 35.4 Å². The summed E-state index contributed by atoms with van der Waals surface area (Å²) in [6.07, 6.45) is 1.77. The second-order valence-electron chi connectivity index (χ2n) is 12.5. The average molecular weight is 789 g/mol. The van der Waals surface area contributed by atoms with Crippen LogP contribution in [0.3, 0.4) is 0 Å². The molecule has 1 amide bonds. The fraction of sp³-hybridized carbons (Fsp3) is 0.316. The monoisotopic (exact) mass is 787 g/mol. The van der Waals surface area contributed by atoms with Gasteiger partial charge in [-0.1, -0.05) is 47.5 Å². The first-order valence-electron chi connectivity index (χ1n) is 16.8. The maximum absolute atomic E-state index is 15.4. The van der Waals surface area contributed by atoms with Crippen molar-refractivity contribution in [2.75, 3.05) is 38.8 Å². The third-order valence-electron chi connectivity index (χ3n) is 9.28. The standard InChI is InChI=1S/C37H35Cl2F2N3O7.CH2O2/c1-48-32-10-8-24(16-34(32)49-2)33(17-25-27(38)19-43(47)20-28(25)39)50-36(45)26-15-22(7-9-29(26)40)18-44(31-6-4-3-5-30(31)41)37(46)51-35-21-42-13-11-23(35)12-14-42;2-1-3/h3-10,15-16,19-20,23,33,35H,11-14,17-18,21H2,1-2H3;1H,(H,2,3)/t33?,35-;/m0./s1. The van der Waals surface area contributed by atoms with Crippen molar-refractivity contribution < 1.29 is 51.9 Å². The molecule has 4 aromatic rings. The van der Waals surface area contributed by atoms with E-state index in [1.165, 1.54) is 44.6 Å². The number of anilines is 1. The molecule has 3 aliphatic rings. The fourth-order valence-corrected chi connectivity index (χ4v) is 7.15. The number of hydrogen-bond donors (Lipinski definition) is 1. The topological polar surface area (TPSA) is 142 Å². The molecular weight excluding hydrogens is 751 g/mol. The summed E-state index contributed by atoms with van der Waals surface area (Å²) in [6, 6.07) is 14.3. The predicted octanol–water partition coefficient (Wildman–Crippen LogP) is 7.00. The zero-order valence-corrected chi connectivity index (χ0v) is 30.8. The molecule has 1 N–H and O–H groups in total. The van der Waals surface area contributed by atoms with E-state index in [1.807, 2.05) is 0 Å². The van der Waals surface area contributed by atoms with Gasteiger partial charge in [0.05, 0.1) is 32.0 Å². The molecule has 12 nitrogen and oxygen atoms in total. The first-order valence-corrected chi connectivity index (χ1v) is 17.5. The van der Waals surface area contributed by atoms with Gasteiger partial charge in [0.15, 0.2) is 23.9 Å². The minimum atomic E-state index is -1.09. The van der Waals surface area contributed by atoms with Crippen LogP contribution >= 0.6 is 23.2 Å². The number of methoxy groups -OCH3 is 2. The van der Waals surface area contributed by atoms with E-state index >= 15 is 8.78 Å². The van der Waals surface area contributed by atoms with Gasteiger partial charge >= 0.3 is 12.1 Å². The van der Waals surface area contributed by atoms with E-state index in [0.29, 0.717) is 39.5 Å². The van der Waals surface area contributed by atoms with Crippen LogP contribution in [0.2, 0.25) is 10.0 Å². The fourth-order valence-electron chi connectivity index (χ4n) is 6.55. The Morgan fingerprint density at radius 3 is 2.28 bits per heavy atom. The number of para-hydroxylation sites is 1. The van der Waals surface area contributed by atoms with Crippen LogP contribution in [0.25, 0.3) is 0 Å². The smallest absolute Gasteiger partial charge is 0.415 e. The summed E-state index contributed by atoms with van der Waals surface area (Å²) in [5.41, 5.74) is 0.606. The van der Waals surface area contributed by atoms with Crippen molar-refractivity contribution in [1.29, 1.82) is 0 Å². The molecule has 3 aromatic carbocycles. The quantitative estimate of drug-likeness (QED) is 0.0731. The van der Waals surface area contributed by atoms with E-state index in [4.69, 9.17) is 52.1 Å². The lowest BCUT2D eigenvalue weighted by Gasteiger charge is -2.44. The number of pyridine rings is 1. The number of ether oxygens (including phenoxy) is 4. The Hall–Kier alpha value is -5.18. The molecule has 286 valence electrons. The van der Waals surface area contributed by atoms with Gasteiger partial charge in [0, 0.05) is 18.5 Å². The SMILES string of the molecule is COc1ccc(C(Cc2c(Cl)c[n+]([O-])cc2Cl)OC(=O)c2cc(CN(C(=O)O[C@H]3CN4CCC3CC4)c3ccccc3F)ccc2F)cc1OC.O=CO. The van der Waals surface area contributed by atoms with E-state index in [9.17, 15) is 14.8 Å². The highest BCUT2D eigenvalue weighted by molar-refractivity contribution is 6.35. The summed E-state index contributed by atoms with van der Waals surface area (Å²) in [5, 5.41) is 18.9. The highest BCUT2D eigenvalue weighted by Crippen LogP contribution is 2.36. The summed E-state index contributed by atoms with van der Waals surface area (Å²) in [4.78, 5) is 39.2. The van der Waals surface area contributed by atoms with Crippen LogP contribution in [-0.4, -0.2) is 68.5 Å². The summed E-state index contributed by atoms with van der Waals surface area (Å²) in [6.45, 7) is 2.02. The molecule has 54 heavy (non-hydrogen) atoms. The predicted molar refractivity (Wildman–Crippen MR) is 194 cm³/mol. The molecule has 2 bridgehead atoms. The lowest BCUT2D eigenvalue weighted by Crippen LogP contribution is -2.53. The van der Waals surface area contributed by atoms with Gasteiger partial charge in [-0.2, -0.15) is 4.73 Å². The molecule has 3 aliphatic heterocycles. The molecule has 0 saturated carbocycles. The number of rotatable bonds is 11. The van der Waals surface area contributed by atoms with Crippen LogP contribution in [0.1, 0.15) is 46.0 Å². The Bertz CT molecular complexity index is 1960. The van der Waals surface area contributed by atoms with Crippen LogP contribution in [0.5, 0.6) is 11.5 Å². The third kappa shape index (κ3) is 9.48. The second kappa shape index (κ2) is 18.2. The summed E-state index contributed by atoms with van der Waals surface area (Å²) < 4.78 is 53.6. The Morgan fingerprint density at radius 1 is 1.00 bits per heavy atom. The molecule has 7 rings (SSSR count). The van der Waals surface area contributed by atoms with Crippen molar-refractivity contribution >= 4 is 47.4 Å². The molecular formula is C38H37Cl2F2N3O9. The normalized spacial score (nSPS) is 17.7. The number of piperidine rings is 3. The molecule has 1 aromatic heterocycles. The summed E-state index contributed by atoms with van der Waals surface area (Å²) in [5.74, 6) is -1.60. The molecule has 0 aliphatic carbocycles. The van der Waals surface area contributed by atoms with Crippen LogP contribution in [0, 0.1) is 22.8 Å². The Balaban J connectivity index is 0.00000181. The van der Waals surface area contributed by atoms with Crippen LogP contribution in [-0.2, 0) is 27.2 Å². The maximum Gasteiger partial charge on any atom is 0.415 e. The lowest BCUT2D eigenvalue weighted by atomic mass is 9.86. The van der Waals surface area contributed by atoms with Crippen molar-refractivity contribution in [2.45, 2.75) is 38.0 Å². The van der Waals surface area contributed by atoms with Crippen molar-refractivity contribution in [1.82, 2.24) is 4.90 Å². The molecule has 4 heterocycles. The van der Waals surface area contributed by atoms with E-state index in [1.54, 1.807) is 24.3 Å². The minimum Gasteiger partial charge on any atom is -0.619 e. The molecule has 1 unspecified atom stereocenters. The molecule has 0 spiro atoms. The van der Waals surface area contributed by atoms with E-state index in [-0.39, 0.29) is 47.2 Å². The largest absolute Gasteiger partial charge is 0.619 e. The molecule has 0 radical (unpaired) electrons. The minimum absolute atomic E-state index is 0.0261. The highest BCUT2D eigenvalue weighted by Gasteiger charge is 2.38. The number of amides is 1. The Morgan fingerprint density at radius 2 is 1.67 bits per heavy atom. The van der Waals surface area contributed by atoms with Crippen LogP contribution < -0.4 is 19.1 Å². The van der Waals surface area contributed by atoms with Gasteiger partial charge in [-0.3, -0.25) is 14.6 Å². The lowest BCUT2D eigenvalue weighted by molar-refractivity contribution is -0.605.